The molecule has 1 heterocycles. The summed E-state index contributed by atoms with van der Waals surface area (Å²) < 4.78 is 11.6. The number of Topliss-reactive ketones (excluding diaryl/α,β-unsaturated/α-hetero) is 1. The lowest BCUT2D eigenvalue weighted by Crippen LogP contribution is -2.25. The SMILES string of the molecule is O=C(NCc1ccccc1)c1cnc(C(=O)COCc2ccccc2)c(OCc2ccccc2)c1CO. The summed E-state index contributed by atoms with van der Waals surface area (Å²) in [6.45, 7) is -0.0337. The largest absolute Gasteiger partial charge is 0.486 e. The number of amides is 1. The minimum Gasteiger partial charge on any atom is -0.486 e. The lowest BCUT2D eigenvalue weighted by Gasteiger charge is -2.17. The van der Waals surface area contributed by atoms with Crippen LogP contribution in [0.4, 0.5) is 0 Å². The van der Waals surface area contributed by atoms with Gasteiger partial charge < -0.3 is 19.9 Å². The first-order valence-electron chi connectivity index (χ1n) is 11.9. The number of pyridine rings is 1. The summed E-state index contributed by atoms with van der Waals surface area (Å²) in [6, 6.07) is 28.4. The second kappa shape index (κ2) is 13.1. The highest BCUT2D eigenvalue weighted by atomic mass is 16.5. The summed E-state index contributed by atoms with van der Waals surface area (Å²) in [6.07, 6.45) is 1.30. The average molecular weight is 497 g/mol. The molecule has 4 rings (SSSR count). The van der Waals surface area contributed by atoms with Crippen LogP contribution in [0.25, 0.3) is 0 Å². The zero-order valence-electron chi connectivity index (χ0n) is 20.3. The van der Waals surface area contributed by atoms with E-state index in [1.54, 1.807) is 0 Å². The Labute approximate surface area is 215 Å². The van der Waals surface area contributed by atoms with Crippen LogP contribution in [0.2, 0.25) is 0 Å². The molecule has 2 N–H and O–H groups in total. The van der Waals surface area contributed by atoms with Gasteiger partial charge in [-0.25, -0.2) is 4.98 Å². The van der Waals surface area contributed by atoms with Gasteiger partial charge in [0, 0.05) is 18.3 Å². The third kappa shape index (κ3) is 7.10. The van der Waals surface area contributed by atoms with Crippen molar-refractivity contribution in [1.82, 2.24) is 10.3 Å². The van der Waals surface area contributed by atoms with E-state index < -0.39 is 18.3 Å². The van der Waals surface area contributed by atoms with Crippen molar-refractivity contribution < 1.29 is 24.2 Å². The number of hydrogen-bond acceptors (Lipinski definition) is 6. The molecule has 188 valence electrons. The van der Waals surface area contributed by atoms with Crippen LogP contribution >= 0.6 is 0 Å². The molecule has 0 saturated carbocycles. The van der Waals surface area contributed by atoms with Crippen LogP contribution in [0, 0.1) is 0 Å². The number of ether oxygens (including phenoxy) is 2. The lowest BCUT2D eigenvalue weighted by molar-refractivity contribution is 0.0716. The molecule has 1 aromatic heterocycles. The number of benzene rings is 3. The van der Waals surface area contributed by atoms with Crippen molar-refractivity contribution in [1.29, 1.82) is 0 Å². The van der Waals surface area contributed by atoms with Gasteiger partial charge in [-0.1, -0.05) is 91.0 Å². The van der Waals surface area contributed by atoms with E-state index in [1.165, 1.54) is 6.20 Å². The molecule has 37 heavy (non-hydrogen) atoms. The smallest absolute Gasteiger partial charge is 0.253 e. The first kappa shape index (κ1) is 25.8. The normalized spacial score (nSPS) is 10.6. The van der Waals surface area contributed by atoms with Crippen molar-refractivity contribution in [2.45, 2.75) is 26.4 Å². The predicted molar refractivity (Wildman–Crippen MR) is 139 cm³/mol. The minimum atomic E-state index is -0.508. The Morgan fingerprint density at radius 2 is 1.35 bits per heavy atom. The number of aliphatic hydroxyl groups excluding tert-OH is 1. The molecule has 1 amide bonds. The van der Waals surface area contributed by atoms with Crippen LogP contribution in [0.15, 0.2) is 97.2 Å². The highest BCUT2D eigenvalue weighted by Crippen LogP contribution is 2.28. The quantitative estimate of drug-likeness (QED) is 0.281. The number of ketones is 1. The predicted octanol–water partition coefficient (Wildman–Crippen LogP) is 4.48. The van der Waals surface area contributed by atoms with E-state index in [1.807, 2.05) is 91.0 Å². The zero-order chi connectivity index (χ0) is 25.9. The van der Waals surface area contributed by atoms with E-state index in [0.717, 1.165) is 16.7 Å². The molecule has 0 aliphatic rings. The number of nitrogens with one attached hydrogen (secondary N) is 1. The Bertz CT molecular complexity index is 1310. The van der Waals surface area contributed by atoms with Gasteiger partial charge in [0.15, 0.2) is 11.4 Å². The van der Waals surface area contributed by atoms with Crippen molar-refractivity contribution in [2.75, 3.05) is 6.61 Å². The fourth-order valence-corrected chi connectivity index (χ4v) is 3.74. The summed E-state index contributed by atoms with van der Waals surface area (Å²) in [5.74, 6) is -0.763. The fourth-order valence-electron chi connectivity index (χ4n) is 3.74. The second-order valence-electron chi connectivity index (χ2n) is 8.33. The van der Waals surface area contributed by atoms with E-state index >= 15 is 0 Å². The second-order valence-corrected chi connectivity index (χ2v) is 8.33. The summed E-state index contributed by atoms with van der Waals surface area (Å²) in [5.41, 5.74) is 3.07. The standard InChI is InChI=1S/C30H28N2O5/c33-18-26-25(30(35)32-16-22-10-4-1-5-11-22)17-31-28(29(26)37-20-24-14-8-3-9-15-24)27(34)21-36-19-23-12-6-2-7-13-23/h1-15,17,33H,16,18-21H2,(H,32,35). The molecule has 0 spiro atoms. The van der Waals surface area contributed by atoms with Gasteiger partial charge in [-0.15, -0.1) is 0 Å². The van der Waals surface area contributed by atoms with Crippen LogP contribution in [-0.2, 0) is 31.1 Å². The van der Waals surface area contributed by atoms with Crippen molar-refractivity contribution >= 4 is 11.7 Å². The molecular formula is C30H28N2O5. The Morgan fingerprint density at radius 1 is 0.784 bits per heavy atom. The Morgan fingerprint density at radius 3 is 1.95 bits per heavy atom. The number of aromatic nitrogens is 1. The maximum atomic E-state index is 13.1. The van der Waals surface area contributed by atoms with Gasteiger partial charge in [0.1, 0.15) is 13.2 Å². The van der Waals surface area contributed by atoms with E-state index in [2.05, 4.69) is 10.3 Å². The number of carbonyl (C=O) groups excluding carboxylic acids is 2. The lowest BCUT2D eigenvalue weighted by atomic mass is 10.1. The first-order chi connectivity index (χ1) is 18.2. The van der Waals surface area contributed by atoms with E-state index in [4.69, 9.17) is 9.47 Å². The monoisotopic (exact) mass is 496 g/mol. The molecule has 7 nitrogen and oxygen atoms in total. The molecule has 0 bridgehead atoms. The van der Waals surface area contributed by atoms with Crippen molar-refractivity contribution in [2.24, 2.45) is 0 Å². The Balaban J connectivity index is 1.56. The molecule has 0 unspecified atom stereocenters. The molecule has 3 aromatic carbocycles. The van der Waals surface area contributed by atoms with Gasteiger partial charge in [-0.2, -0.15) is 0 Å². The maximum Gasteiger partial charge on any atom is 0.253 e. The Hall–Kier alpha value is -4.33. The van der Waals surface area contributed by atoms with Crippen molar-refractivity contribution in [3.63, 3.8) is 0 Å². The molecule has 7 heteroatoms. The molecular weight excluding hydrogens is 468 g/mol. The third-order valence-corrected chi connectivity index (χ3v) is 5.67. The van der Waals surface area contributed by atoms with E-state index in [0.29, 0.717) is 6.54 Å². The van der Waals surface area contributed by atoms with E-state index in [-0.39, 0.29) is 42.4 Å². The molecule has 0 aliphatic carbocycles. The van der Waals surface area contributed by atoms with Crippen LogP contribution in [0.1, 0.15) is 43.1 Å². The minimum absolute atomic E-state index is 0.00709. The van der Waals surface area contributed by atoms with Gasteiger partial charge in [-0.3, -0.25) is 9.59 Å². The summed E-state index contributed by atoms with van der Waals surface area (Å²) >= 11 is 0. The number of hydrogen-bond donors (Lipinski definition) is 2. The number of nitrogens with zero attached hydrogens (tertiary/aromatic N) is 1. The van der Waals surface area contributed by atoms with Crippen LogP contribution in [0.3, 0.4) is 0 Å². The molecule has 0 aliphatic heterocycles. The van der Waals surface area contributed by atoms with Crippen molar-refractivity contribution in [3.05, 3.63) is 131 Å². The fraction of sp³-hybridized carbons (Fsp3) is 0.167. The molecule has 0 radical (unpaired) electrons. The maximum absolute atomic E-state index is 13.1. The van der Waals surface area contributed by atoms with Crippen LogP contribution < -0.4 is 10.1 Å². The van der Waals surface area contributed by atoms with Crippen LogP contribution in [0.5, 0.6) is 5.75 Å². The van der Waals surface area contributed by atoms with Gasteiger partial charge in [-0.05, 0) is 16.7 Å². The highest BCUT2D eigenvalue weighted by molar-refractivity contribution is 6.01. The third-order valence-electron chi connectivity index (χ3n) is 5.67. The number of rotatable bonds is 12. The molecule has 0 fully saturated rings. The van der Waals surface area contributed by atoms with Gasteiger partial charge in [0.2, 0.25) is 5.78 Å². The number of carbonyl (C=O) groups is 2. The Kier molecular flexibility index (Phi) is 9.12. The van der Waals surface area contributed by atoms with Gasteiger partial charge in [0.25, 0.3) is 5.91 Å². The highest BCUT2D eigenvalue weighted by Gasteiger charge is 2.24. The molecule has 0 saturated heterocycles. The van der Waals surface area contributed by atoms with Gasteiger partial charge >= 0.3 is 0 Å². The summed E-state index contributed by atoms with van der Waals surface area (Å²) in [4.78, 5) is 30.4. The summed E-state index contributed by atoms with van der Waals surface area (Å²) in [5, 5.41) is 13.1. The molecule has 4 aromatic rings. The summed E-state index contributed by atoms with van der Waals surface area (Å²) in [7, 11) is 0. The zero-order valence-corrected chi connectivity index (χ0v) is 20.3. The first-order valence-corrected chi connectivity index (χ1v) is 11.9. The topological polar surface area (TPSA) is 97.8 Å². The van der Waals surface area contributed by atoms with Crippen molar-refractivity contribution in [3.8, 4) is 5.75 Å². The van der Waals surface area contributed by atoms with E-state index in [9.17, 15) is 14.7 Å². The van der Waals surface area contributed by atoms with Gasteiger partial charge in [0.05, 0.1) is 18.8 Å². The number of aliphatic hydroxyl groups is 1. The molecule has 0 atom stereocenters. The average Bonchev–Trinajstić information content (AvgIpc) is 2.95. The van der Waals surface area contributed by atoms with Crippen LogP contribution in [-0.4, -0.2) is 28.4 Å².